The number of ether oxygens (including phenoxy) is 2. The quantitative estimate of drug-likeness (QED) is 0.643. The van der Waals surface area contributed by atoms with Crippen molar-refractivity contribution in [3.63, 3.8) is 0 Å². The van der Waals surface area contributed by atoms with Crippen LogP contribution in [0.2, 0.25) is 0 Å². The lowest BCUT2D eigenvalue weighted by atomic mass is 9.90. The summed E-state index contributed by atoms with van der Waals surface area (Å²) in [5, 5.41) is 1.05. The molecule has 0 atom stereocenters. The van der Waals surface area contributed by atoms with Crippen LogP contribution in [-0.4, -0.2) is 13.8 Å². The third-order valence-electron chi connectivity index (χ3n) is 5.59. The van der Waals surface area contributed by atoms with Crippen LogP contribution < -0.4 is 20.0 Å². The summed E-state index contributed by atoms with van der Waals surface area (Å²) in [5.74, 6) is 1.59. The molecule has 2 heterocycles. The number of hydrogen-bond acceptors (Lipinski definition) is 5. The molecular weight excluding hydrogens is 342 g/mol. The summed E-state index contributed by atoms with van der Waals surface area (Å²) in [5.41, 5.74) is 4.45. The molecule has 3 aromatic rings. The second kappa shape index (κ2) is 6.34. The number of benzene rings is 2. The average Bonchev–Trinajstić information content (AvgIpc) is 2.73. The monoisotopic (exact) mass is 363 g/mol. The SMILES string of the molecule is COc1cccc(N2COc3ccc4c5c(c(=O)oc4c3C2)CCCC5)c1. The molecular formula is C22H21NO4. The fourth-order valence-electron chi connectivity index (χ4n) is 4.19. The number of nitrogens with zero attached hydrogens (tertiary/aromatic N) is 1. The van der Waals surface area contributed by atoms with Crippen LogP contribution in [0.3, 0.4) is 0 Å². The molecule has 0 fully saturated rings. The van der Waals surface area contributed by atoms with Gasteiger partial charge in [-0.1, -0.05) is 6.07 Å². The van der Waals surface area contributed by atoms with Gasteiger partial charge in [0.25, 0.3) is 0 Å². The zero-order valence-corrected chi connectivity index (χ0v) is 15.3. The van der Waals surface area contributed by atoms with E-state index in [9.17, 15) is 4.79 Å². The van der Waals surface area contributed by atoms with Crippen LogP contribution in [-0.2, 0) is 19.4 Å². The molecule has 5 nitrogen and oxygen atoms in total. The van der Waals surface area contributed by atoms with Gasteiger partial charge in [-0.05, 0) is 55.5 Å². The summed E-state index contributed by atoms with van der Waals surface area (Å²) in [4.78, 5) is 14.7. The molecule has 0 bridgehead atoms. The topological polar surface area (TPSA) is 51.9 Å². The highest BCUT2D eigenvalue weighted by Crippen LogP contribution is 2.37. The van der Waals surface area contributed by atoms with E-state index in [1.807, 2.05) is 36.4 Å². The van der Waals surface area contributed by atoms with E-state index in [2.05, 4.69) is 4.90 Å². The van der Waals surface area contributed by atoms with Gasteiger partial charge in [0.1, 0.15) is 17.1 Å². The molecule has 27 heavy (non-hydrogen) atoms. The zero-order chi connectivity index (χ0) is 18.4. The molecule has 0 amide bonds. The Bertz CT molecular complexity index is 1090. The molecule has 0 saturated heterocycles. The Hall–Kier alpha value is -2.95. The molecule has 0 saturated carbocycles. The van der Waals surface area contributed by atoms with E-state index in [0.29, 0.717) is 18.9 Å². The summed E-state index contributed by atoms with van der Waals surface area (Å²) < 4.78 is 17.1. The van der Waals surface area contributed by atoms with Crippen molar-refractivity contribution < 1.29 is 13.9 Å². The first kappa shape index (κ1) is 16.2. The van der Waals surface area contributed by atoms with Crippen molar-refractivity contribution in [2.45, 2.75) is 32.2 Å². The third kappa shape index (κ3) is 2.65. The average molecular weight is 363 g/mol. The van der Waals surface area contributed by atoms with Gasteiger partial charge < -0.3 is 18.8 Å². The van der Waals surface area contributed by atoms with Gasteiger partial charge in [-0.25, -0.2) is 4.79 Å². The molecule has 1 aliphatic carbocycles. The van der Waals surface area contributed by atoms with Crippen molar-refractivity contribution in [2.24, 2.45) is 0 Å². The van der Waals surface area contributed by atoms with Gasteiger partial charge in [0, 0.05) is 22.7 Å². The second-order valence-corrected chi connectivity index (χ2v) is 7.15. The van der Waals surface area contributed by atoms with Gasteiger partial charge in [0.2, 0.25) is 0 Å². The summed E-state index contributed by atoms with van der Waals surface area (Å²) in [6.45, 7) is 1.07. The highest BCUT2D eigenvalue weighted by molar-refractivity contribution is 5.86. The fraction of sp³-hybridized carbons (Fsp3) is 0.318. The number of aryl methyl sites for hydroxylation is 1. The second-order valence-electron chi connectivity index (χ2n) is 7.15. The Labute approximate surface area is 157 Å². The van der Waals surface area contributed by atoms with Crippen LogP contribution in [0.5, 0.6) is 11.5 Å². The molecule has 0 N–H and O–H groups in total. The Balaban J connectivity index is 1.62. The van der Waals surface area contributed by atoms with E-state index in [1.54, 1.807) is 7.11 Å². The van der Waals surface area contributed by atoms with Crippen LogP contribution in [0.25, 0.3) is 11.0 Å². The molecule has 2 aromatic carbocycles. The van der Waals surface area contributed by atoms with Gasteiger partial charge in [-0.3, -0.25) is 0 Å². The fourth-order valence-corrected chi connectivity index (χ4v) is 4.19. The third-order valence-corrected chi connectivity index (χ3v) is 5.59. The summed E-state index contributed by atoms with van der Waals surface area (Å²) in [7, 11) is 1.66. The van der Waals surface area contributed by atoms with Gasteiger partial charge in [-0.2, -0.15) is 0 Å². The lowest BCUT2D eigenvalue weighted by Crippen LogP contribution is -2.32. The summed E-state index contributed by atoms with van der Waals surface area (Å²) in [6.07, 6.45) is 3.93. The summed E-state index contributed by atoms with van der Waals surface area (Å²) >= 11 is 0. The van der Waals surface area contributed by atoms with Crippen molar-refractivity contribution in [2.75, 3.05) is 18.7 Å². The molecule has 0 unspecified atom stereocenters. The predicted octanol–water partition coefficient (Wildman–Crippen LogP) is 4.04. The Morgan fingerprint density at radius 2 is 1.89 bits per heavy atom. The lowest BCUT2D eigenvalue weighted by Gasteiger charge is -2.31. The molecule has 138 valence electrons. The largest absolute Gasteiger partial charge is 0.497 e. The molecule has 5 heteroatoms. The normalized spacial score (nSPS) is 15.8. The minimum absolute atomic E-state index is 0.191. The van der Waals surface area contributed by atoms with Gasteiger partial charge in [0.15, 0.2) is 6.73 Å². The maximum absolute atomic E-state index is 12.6. The number of rotatable bonds is 2. The number of fused-ring (bicyclic) bond motifs is 5. The van der Waals surface area contributed by atoms with Crippen LogP contribution >= 0.6 is 0 Å². The van der Waals surface area contributed by atoms with Crippen molar-refractivity contribution in [3.05, 3.63) is 63.5 Å². The first-order valence-corrected chi connectivity index (χ1v) is 9.37. The predicted molar refractivity (Wildman–Crippen MR) is 104 cm³/mol. The van der Waals surface area contributed by atoms with Crippen LogP contribution in [0.1, 0.15) is 29.5 Å². The zero-order valence-electron chi connectivity index (χ0n) is 15.3. The van der Waals surface area contributed by atoms with E-state index in [1.165, 1.54) is 0 Å². The van der Waals surface area contributed by atoms with Crippen molar-refractivity contribution in [1.82, 2.24) is 0 Å². The standard InChI is InChI=1S/C22H21NO4/c1-25-15-6-4-5-14(11-15)23-12-19-20(26-13-23)10-9-17-16-7-2-3-8-18(16)22(24)27-21(17)19/h4-6,9-11H,2-3,7-8,12-13H2,1H3. The van der Waals surface area contributed by atoms with Crippen molar-refractivity contribution >= 4 is 16.7 Å². The number of anilines is 1. The van der Waals surface area contributed by atoms with E-state index >= 15 is 0 Å². The number of hydrogen-bond donors (Lipinski definition) is 0. The van der Waals surface area contributed by atoms with Crippen molar-refractivity contribution in [3.8, 4) is 11.5 Å². The molecule has 0 radical (unpaired) electrons. The lowest BCUT2D eigenvalue weighted by molar-refractivity contribution is 0.289. The van der Waals surface area contributed by atoms with E-state index in [4.69, 9.17) is 13.9 Å². The maximum atomic E-state index is 12.6. The van der Waals surface area contributed by atoms with Crippen molar-refractivity contribution in [1.29, 1.82) is 0 Å². The Morgan fingerprint density at radius 3 is 2.74 bits per heavy atom. The van der Waals surface area contributed by atoms with Crippen LogP contribution in [0.15, 0.2) is 45.6 Å². The van der Waals surface area contributed by atoms with E-state index < -0.39 is 0 Å². The molecule has 2 aliphatic rings. The smallest absolute Gasteiger partial charge is 0.339 e. The van der Waals surface area contributed by atoms with E-state index in [-0.39, 0.29) is 5.63 Å². The first-order valence-electron chi connectivity index (χ1n) is 9.37. The van der Waals surface area contributed by atoms with E-state index in [0.717, 1.165) is 64.9 Å². The molecule has 1 aromatic heterocycles. The highest BCUT2D eigenvalue weighted by Gasteiger charge is 2.25. The molecule has 5 rings (SSSR count). The summed E-state index contributed by atoms with van der Waals surface area (Å²) in [6, 6.07) is 11.9. The van der Waals surface area contributed by atoms with Gasteiger partial charge >= 0.3 is 5.63 Å². The van der Waals surface area contributed by atoms with Gasteiger partial charge in [-0.15, -0.1) is 0 Å². The minimum atomic E-state index is -0.191. The van der Waals surface area contributed by atoms with Crippen LogP contribution in [0, 0.1) is 0 Å². The Morgan fingerprint density at radius 1 is 1.04 bits per heavy atom. The molecule has 0 spiro atoms. The minimum Gasteiger partial charge on any atom is -0.497 e. The van der Waals surface area contributed by atoms with Crippen LogP contribution in [0.4, 0.5) is 5.69 Å². The first-order chi connectivity index (χ1) is 13.2. The highest BCUT2D eigenvalue weighted by atomic mass is 16.5. The Kier molecular flexibility index (Phi) is 3.81. The number of methoxy groups -OCH3 is 1. The maximum Gasteiger partial charge on any atom is 0.339 e. The molecule has 1 aliphatic heterocycles. The van der Waals surface area contributed by atoms with Gasteiger partial charge in [0.05, 0.1) is 19.2 Å².